The predicted octanol–water partition coefficient (Wildman–Crippen LogP) is 0.840. The minimum atomic E-state index is 0.623. The number of nitrogens with one attached hydrogen (secondary N) is 1. The summed E-state index contributed by atoms with van der Waals surface area (Å²) < 4.78 is 2.38. The van der Waals surface area contributed by atoms with E-state index in [9.17, 15) is 0 Å². The Bertz CT molecular complexity index is 399. The Labute approximate surface area is 77.1 Å². The maximum Gasteiger partial charge on any atom is 0.176 e. The van der Waals surface area contributed by atoms with E-state index in [1.54, 1.807) is 11.0 Å². The molecule has 0 unspecified atom stereocenters. The lowest BCUT2D eigenvalue weighted by Gasteiger charge is -1.92. The molecule has 0 radical (unpaired) electrons. The molecular weight excluding hydrogens is 194 g/mol. The van der Waals surface area contributed by atoms with Gasteiger partial charge in [-0.1, -0.05) is 11.3 Å². The van der Waals surface area contributed by atoms with Crippen molar-refractivity contribution < 1.29 is 0 Å². The van der Waals surface area contributed by atoms with Gasteiger partial charge in [-0.2, -0.15) is 10.2 Å². The topological polar surface area (TPSA) is 59.4 Å². The van der Waals surface area contributed by atoms with Crippen molar-refractivity contribution in [2.75, 3.05) is 0 Å². The number of hydrogen-bond acceptors (Lipinski definition) is 5. The molecule has 0 spiro atoms. The Morgan fingerprint density at radius 2 is 2.58 bits per heavy atom. The molecule has 0 amide bonds. The lowest BCUT2D eigenvalue weighted by Crippen LogP contribution is -1.99. The molecule has 5 nitrogen and oxygen atoms in total. The Morgan fingerprint density at radius 1 is 1.67 bits per heavy atom. The van der Waals surface area contributed by atoms with Crippen LogP contribution in [0.1, 0.15) is 5.01 Å². The molecule has 2 heterocycles. The predicted molar refractivity (Wildman–Crippen MR) is 46.4 cm³/mol. The van der Waals surface area contributed by atoms with Crippen LogP contribution in [-0.4, -0.2) is 25.0 Å². The number of hydrogen-bond donors (Lipinski definition) is 1. The lowest BCUT2D eigenvalue weighted by molar-refractivity contribution is 0.675. The molecule has 12 heavy (non-hydrogen) atoms. The molecule has 0 fully saturated rings. The summed E-state index contributed by atoms with van der Waals surface area (Å²) in [5.74, 6) is 0. The second-order valence-electron chi connectivity index (χ2n) is 2.10. The Morgan fingerprint density at radius 3 is 3.17 bits per heavy atom. The summed E-state index contributed by atoms with van der Waals surface area (Å²) in [7, 11) is 0. The van der Waals surface area contributed by atoms with Gasteiger partial charge in [0.2, 0.25) is 0 Å². The van der Waals surface area contributed by atoms with Gasteiger partial charge in [-0.25, -0.2) is 9.67 Å². The molecule has 1 N–H and O–H groups in total. The SMILES string of the molecule is S=c1[nH]nc(Cn2cncn2)s1. The molecule has 2 rings (SSSR count). The summed E-state index contributed by atoms with van der Waals surface area (Å²) in [5, 5.41) is 11.5. The fourth-order valence-electron chi connectivity index (χ4n) is 0.781. The fraction of sp³-hybridized carbons (Fsp3) is 0.200. The van der Waals surface area contributed by atoms with E-state index in [2.05, 4.69) is 20.3 Å². The van der Waals surface area contributed by atoms with Crippen LogP contribution in [0, 0.1) is 3.95 Å². The first-order valence-electron chi connectivity index (χ1n) is 3.21. The largest absolute Gasteiger partial charge is 0.258 e. The quantitative estimate of drug-likeness (QED) is 0.728. The first-order valence-corrected chi connectivity index (χ1v) is 4.44. The molecule has 0 bridgehead atoms. The van der Waals surface area contributed by atoms with Crippen LogP contribution >= 0.6 is 23.6 Å². The third-order valence-electron chi connectivity index (χ3n) is 1.25. The highest BCUT2D eigenvalue weighted by Gasteiger charge is 1.98. The number of aromatic nitrogens is 5. The average molecular weight is 199 g/mol. The molecule has 62 valence electrons. The van der Waals surface area contributed by atoms with E-state index in [-0.39, 0.29) is 0 Å². The van der Waals surface area contributed by atoms with Crippen molar-refractivity contribution in [3.8, 4) is 0 Å². The first-order chi connectivity index (χ1) is 5.84. The van der Waals surface area contributed by atoms with Gasteiger partial charge < -0.3 is 0 Å². The maximum absolute atomic E-state index is 4.88. The molecule has 0 aliphatic carbocycles. The van der Waals surface area contributed by atoms with E-state index in [0.717, 1.165) is 5.01 Å². The summed E-state index contributed by atoms with van der Waals surface area (Å²) in [6.07, 6.45) is 3.14. The highest BCUT2D eigenvalue weighted by atomic mass is 32.1. The summed E-state index contributed by atoms with van der Waals surface area (Å²) >= 11 is 6.33. The van der Waals surface area contributed by atoms with E-state index in [0.29, 0.717) is 10.5 Å². The van der Waals surface area contributed by atoms with Gasteiger partial charge in [0.1, 0.15) is 17.7 Å². The summed E-state index contributed by atoms with van der Waals surface area (Å²) in [6.45, 7) is 0.623. The van der Waals surface area contributed by atoms with Crippen molar-refractivity contribution in [2.45, 2.75) is 6.54 Å². The molecule has 0 atom stereocenters. The Kier molecular flexibility index (Phi) is 1.96. The van der Waals surface area contributed by atoms with Crippen molar-refractivity contribution in [1.82, 2.24) is 25.0 Å². The van der Waals surface area contributed by atoms with Gasteiger partial charge in [-0.05, 0) is 12.2 Å². The van der Waals surface area contributed by atoms with Crippen LogP contribution in [0.5, 0.6) is 0 Å². The molecule has 0 saturated carbocycles. The molecule has 0 saturated heterocycles. The van der Waals surface area contributed by atoms with Crippen molar-refractivity contribution in [3.05, 3.63) is 21.6 Å². The van der Waals surface area contributed by atoms with Crippen molar-refractivity contribution in [3.63, 3.8) is 0 Å². The molecule has 0 aliphatic rings. The van der Waals surface area contributed by atoms with Gasteiger partial charge in [0, 0.05) is 0 Å². The number of aromatic amines is 1. The summed E-state index contributed by atoms with van der Waals surface area (Å²) in [6, 6.07) is 0. The molecule has 7 heteroatoms. The van der Waals surface area contributed by atoms with E-state index >= 15 is 0 Å². The second-order valence-corrected chi connectivity index (χ2v) is 3.85. The smallest absolute Gasteiger partial charge is 0.176 e. The van der Waals surface area contributed by atoms with E-state index in [1.165, 1.54) is 17.7 Å². The fourth-order valence-corrected chi connectivity index (χ4v) is 1.71. The summed E-state index contributed by atoms with van der Waals surface area (Å²) in [4.78, 5) is 3.82. The van der Waals surface area contributed by atoms with Crippen LogP contribution in [0.3, 0.4) is 0 Å². The molecule has 0 aromatic carbocycles. The van der Waals surface area contributed by atoms with Crippen molar-refractivity contribution in [2.24, 2.45) is 0 Å². The normalized spacial score (nSPS) is 10.3. The zero-order valence-electron chi connectivity index (χ0n) is 5.97. The minimum absolute atomic E-state index is 0.623. The lowest BCUT2D eigenvalue weighted by atomic mass is 10.7. The molecular formula is C5H5N5S2. The minimum Gasteiger partial charge on any atom is -0.258 e. The zero-order chi connectivity index (χ0) is 8.39. The molecule has 2 aromatic heterocycles. The monoisotopic (exact) mass is 199 g/mol. The average Bonchev–Trinajstić information content (AvgIpc) is 2.63. The van der Waals surface area contributed by atoms with Crippen LogP contribution in [0.25, 0.3) is 0 Å². The molecule has 2 aromatic rings. The second kappa shape index (κ2) is 3.11. The number of nitrogens with zero attached hydrogens (tertiary/aromatic N) is 4. The van der Waals surface area contributed by atoms with Crippen LogP contribution in [0.2, 0.25) is 0 Å². The Hall–Kier alpha value is -1.08. The van der Waals surface area contributed by atoms with Gasteiger partial charge in [-0.15, -0.1) is 0 Å². The summed E-state index contributed by atoms with van der Waals surface area (Å²) in [5.41, 5.74) is 0. The standard InChI is InChI=1S/C5H5N5S2/c11-5-9-8-4(12-5)1-10-3-6-2-7-10/h2-3H,1H2,(H,9,11). The van der Waals surface area contributed by atoms with Gasteiger partial charge >= 0.3 is 0 Å². The molecule has 0 aliphatic heterocycles. The highest BCUT2D eigenvalue weighted by molar-refractivity contribution is 7.73. The van der Waals surface area contributed by atoms with Gasteiger partial charge in [0.15, 0.2) is 3.95 Å². The maximum atomic E-state index is 4.88. The first kappa shape index (κ1) is 7.56. The third-order valence-corrected chi connectivity index (χ3v) is 2.32. The van der Waals surface area contributed by atoms with Gasteiger partial charge in [0.05, 0.1) is 6.54 Å². The number of rotatable bonds is 2. The third kappa shape index (κ3) is 1.56. The van der Waals surface area contributed by atoms with Crippen LogP contribution in [-0.2, 0) is 6.54 Å². The van der Waals surface area contributed by atoms with Gasteiger partial charge in [0.25, 0.3) is 0 Å². The highest BCUT2D eigenvalue weighted by Crippen LogP contribution is 2.05. The Balaban J connectivity index is 2.19. The van der Waals surface area contributed by atoms with E-state index < -0.39 is 0 Å². The van der Waals surface area contributed by atoms with Crippen LogP contribution in [0.15, 0.2) is 12.7 Å². The zero-order valence-corrected chi connectivity index (χ0v) is 7.60. The number of H-pyrrole nitrogens is 1. The van der Waals surface area contributed by atoms with E-state index in [1.807, 2.05) is 0 Å². The van der Waals surface area contributed by atoms with Crippen molar-refractivity contribution >= 4 is 23.6 Å². The van der Waals surface area contributed by atoms with E-state index in [4.69, 9.17) is 12.2 Å². The van der Waals surface area contributed by atoms with Gasteiger partial charge in [-0.3, -0.25) is 5.10 Å². The van der Waals surface area contributed by atoms with Crippen LogP contribution < -0.4 is 0 Å². The van der Waals surface area contributed by atoms with Crippen molar-refractivity contribution in [1.29, 1.82) is 0 Å². The van der Waals surface area contributed by atoms with Crippen LogP contribution in [0.4, 0.5) is 0 Å².